The summed E-state index contributed by atoms with van der Waals surface area (Å²) in [6.45, 7) is 4.86. The number of rotatable bonds is 5. The number of hydrogen-bond donors (Lipinski definition) is 1. The third-order valence-corrected chi connectivity index (χ3v) is 4.06. The molecule has 1 aromatic heterocycles. The third kappa shape index (κ3) is 3.67. The number of aromatic nitrogens is 2. The van der Waals surface area contributed by atoms with Gasteiger partial charge in [0.2, 0.25) is 0 Å². The minimum absolute atomic E-state index is 0.0335. The molecule has 0 radical (unpaired) electrons. The smallest absolute Gasteiger partial charge is 0.251 e. The van der Waals surface area contributed by atoms with Gasteiger partial charge in [-0.2, -0.15) is 0 Å². The number of benzene rings is 1. The van der Waals surface area contributed by atoms with Crippen molar-refractivity contribution in [2.45, 2.75) is 26.2 Å². The molecule has 1 aromatic carbocycles. The number of carbonyl (C=O) groups excluding carboxylic acids is 1. The van der Waals surface area contributed by atoms with E-state index in [9.17, 15) is 4.79 Å². The molecule has 2 heterocycles. The maximum Gasteiger partial charge on any atom is 0.251 e. The first-order chi connectivity index (χ1) is 11.3. The van der Waals surface area contributed by atoms with Gasteiger partial charge < -0.3 is 10.2 Å². The molecular weight excluding hydrogens is 288 g/mol. The molecule has 1 N–H and O–H groups in total. The number of hydrogen-bond acceptors (Lipinski definition) is 4. The Hall–Kier alpha value is -2.43. The number of nitrogens with zero attached hydrogens (tertiary/aromatic N) is 3. The van der Waals surface area contributed by atoms with Crippen molar-refractivity contribution in [3.05, 3.63) is 42.0 Å². The summed E-state index contributed by atoms with van der Waals surface area (Å²) in [5, 5.41) is 11.5. The van der Waals surface area contributed by atoms with E-state index in [1.165, 1.54) is 12.8 Å². The average Bonchev–Trinajstić information content (AvgIpc) is 3.14. The van der Waals surface area contributed by atoms with Crippen molar-refractivity contribution in [3.8, 4) is 11.3 Å². The molecule has 0 spiro atoms. The Morgan fingerprint density at radius 1 is 1.09 bits per heavy atom. The van der Waals surface area contributed by atoms with Crippen LogP contribution in [0.4, 0.5) is 5.82 Å². The third-order valence-electron chi connectivity index (χ3n) is 4.06. The molecule has 0 unspecified atom stereocenters. The quantitative estimate of drug-likeness (QED) is 0.922. The summed E-state index contributed by atoms with van der Waals surface area (Å²) in [5.74, 6) is 0.913. The Morgan fingerprint density at radius 2 is 1.83 bits per heavy atom. The van der Waals surface area contributed by atoms with Crippen LogP contribution in [0.2, 0.25) is 0 Å². The fraction of sp³-hybridized carbons (Fsp3) is 0.389. The van der Waals surface area contributed by atoms with Gasteiger partial charge in [0.1, 0.15) is 0 Å². The largest absolute Gasteiger partial charge is 0.355 e. The molecule has 0 saturated carbocycles. The molecule has 1 aliphatic rings. The highest BCUT2D eigenvalue weighted by molar-refractivity contribution is 5.94. The molecule has 0 bridgehead atoms. The molecule has 1 saturated heterocycles. The monoisotopic (exact) mass is 310 g/mol. The van der Waals surface area contributed by atoms with Gasteiger partial charge in [-0.3, -0.25) is 4.79 Å². The first-order valence-electron chi connectivity index (χ1n) is 8.25. The molecule has 1 fully saturated rings. The average molecular weight is 310 g/mol. The fourth-order valence-corrected chi connectivity index (χ4v) is 2.73. The van der Waals surface area contributed by atoms with Crippen LogP contribution in [0.25, 0.3) is 11.3 Å². The second-order valence-corrected chi connectivity index (χ2v) is 5.80. The topological polar surface area (TPSA) is 58.1 Å². The summed E-state index contributed by atoms with van der Waals surface area (Å²) in [7, 11) is 0. The van der Waals surface area contributed by atoms with E-state index in [0.29, 0.717) is 12.1 Å². The number of carbonyl (C=O) groups is 1. The van der Waals surface area contributed by atoms with Gasteiger partial charge >= 0.3 is 0 Å². The lowest BCUT2D eigenvalue weighted by atomic mass is 10.1. The molecule has 120 valence electrons. The van der Waals surface area contributed by atoms with Crippen LogP contribution in [-0.2, 0) is 0 Å². The first-order valence-corrected chi connectivity index (χ1v) is 8.25. The summed E-state index contributed by atoms with van der Waals surface area (Å²) in [6.07, 6.45) is 3.39. The van der Waals surface area contributed by atoms with Crippen molar-refractivity contribution in [1.29, 1.82) is 0 Å². The summed E-state index contributed by atoms with van der Waals surface area (Å²) in [6, 6.07) is 11.5. The molecule has 5 heteroatoms. The maximum atomic E-state index is 11.9. The highest BCUT2D eigenvalue weighted by Gasteiger charge is 2.14. The van der Waals surface area contributed by atoms with Crippen LogP contribution in [0.3, 0.4) is 0 Å². The predicted octanol–water partition coefficient (Wildman–Crippen LogP) is 2.88. The van der Waals surface area contributed by atoms with Crippen LogP contribution in [0.1, 0.15) is 36.5 Å². The Balaban J connectivity index is 1.70. The van der Waals surface area contributed by atoms with Gasteiger partial charge in [0.05, 0.1) is 5.69 Å². The predicted molar refractivity (Wildman–Crippen MR) is 91.5 cm³/mol. The molecule has 0 atom stereocenters. The number of anilines is 1. The second kappa shape index (κ2) is 7.22. The van der Waals surface area contributed by atoms with Crippen molar-refractivity contribution in [1.82, 2.24) is 15.5 Å². The Labute approximate surface area is 136 Å². The Morgan fingerprint density at radius 3 is 2.43 bits per heavy atom. The lowest BCUT2D eigenvalue weighted by Crippen LogP contribution is -2.23. The minimum Gasteiger partial charge on any atom is -0.355 e. The van der Waals surface area contributed by atoms with E-state index in [0.717, 1.165) is 36.6 Å². The fourth-order valence-electron chi connectivity index (χ4n) is 2.73. The number of amides is 1. The molecule has 1 amide bonds. The van der Waals surface area contributed by atoms with Gasteiger partial charge in [-0.25, -0.2) is 0 Å². The Kier molecular flexibility index (Phi) is 4.86. The van der Waals surface area contributed by atoms with Crippen molar-refractivity contribution >= 4 is 11.7 Å². The lowest BCUT2D eigenvalue weighted by molar-refractivity contribution is 0.0953. The molecule has 0 aliphatic carbocycles. The van der Waals surface area contributed by atoms with Gasteiger partial charge in [0, 0.05) is 30.8 Å². The standard InChI is InChI=1S/C18H22N4O/c1-2-11-19-18(23)15-7-5-14(6-8-15)16-9-10-17(21-20-16)22-12-3-4-13-22/h5-10H,2-4,11-13H2,1H3,(H,19,23). The van der Waals surface area contributed by atoms with E-state index in [1.54, 1.807) is 0 Å². The molecule has 2 aromatic rings. The van der Waals surface area contributed by atoms with Gasteiger partial charge in [-0.1, -0.05) is 19.1 Å². The molecule has 23 heavy (non-hydrogen) atoms. The van der Waals surface area contributed by atoms with Gasteiger partial charge in [0.25, 0.3) is 5.91 Å². The SMILES string of the molecule is CCCNC(=O)c1ccc(-c2ccc(N3CCCC3)nn2)cc1. The molecule has 5 nitrogen and oxygen atoms in total. The van der Waals surface area contributed by atoms with Crippen molar-refractivity contribution in [3.63, 3.8) is 0 Å². The van der Waals surface area contributed by atoms with Crippen LogP contribution in [-0.4, -0.2) is 35.7 Å². The van der Waals surface area contributed by atoms with E-state index in [4.69, 9.17) is 0 Å². The molecule has 1 aliphatic heterocycles. The van der Waals surface area contributed by atoms with E-state index < -0.39 is 0 Å². The van der Waals surface area contributed by atoms with Crippen LogP contribution in [0, 0.1) is 0 Å². The normalized spacial score (nSPS) is 14.0. The zero-order chi connectivity index (χ0) is 16.1. The number of nitrogens with one attached hydrogen (secondary N) is 1. The summed E-state index contributed by atoms with van der Waals surface area (Å²) in [4.78, 5) is 14.2. The van der Waals surface area contributed by atoms with Gasteiger partial charge in [-0.15, -0.1) is 10.2 Å². The zero-order valence-corrected chi connectivity index (χ0v) is 13.5. The second-order valence-electron chi connectivity index (χ2n) is 5.80. The van der Waals surface area contributed by atoms with Crippen molar-refractivity contribution in [2.75, 3.05) is 24.5 Å². The first kappa shape index (κ1) is 15.5. The molecule has 3 rings (SSSR count). The van der Waals surface area contributed by atoms with Crippen LogP contribution in [0.5, 0.6) is 0 Å². The Bertz CT molecular complexity index is 646. The van der Waals surface area contributed by atoms with Crippen LogP contribution < -0.4 is 10.2 Å². The van der Waals surface area contributed by atoms with E-state index in [-0.39, 0.29) is 5.91 Å². The van der Waals surface area contributed by atoms with Crippen molar-refractivity contribution < 1.29 is 4.79 Å². The molecular formula is C18H22N4O. The lowest BCUT2D eigenvalue weighted by Gasteiger charge is -2.15. The van der Waals surface area contributed by atoms with Gasteiger partial charge in [-0.05, 0) is 43.5 Å². The van der Waals surface area contributed by atoms with Crippen LogP contribution in [0.15, 0.2) is 36.4 Å². The van der Waals surface area contributed by atoms with Crippen LogP contribution >= 0.6 is 0 Å². The highest BCUT2D eigenvalue weighted by Crippen LogP contribution is 2.21. The van der Waals surface area contributed by atoms with Gasteiger partial charge in [0.15, 0.2) is 5.82 Å². The minimum atomic E-state index is -0.0335. The highest BCUT2D eigenvalue weighted by atomic mass is 16.1. The van der Waals surface area contributed by atoms with E-state index in [2.05, 4.69) is 20.4 Å². The van der Waals surface area contributed by atoms with Crippen molar-refractivity contribution in [2.24, 2.45) is 0 Å². The maximum absolute atomic E-state index is 11.9. The van der Waals surface area contributed by atoms with E-state index >= 15 is 0 Å². The van der Waals surface area contributed by atoms with E-state index in [1.807, 2.05) is 43.3 Å². The zero-order valence-electron chi connectivity index (χ0n) is 13.5. The summed E-state index contributed by atoms with van der Waals surface area (Å²) in [5.41, 5.74) is 2.47. The summed E-state index contributed by atoms with van der Waals surface area (Å²) < 4.78 is 0. The summed E-state index contributed by atoms with van der Waals surface area (Å²) >= 11 is 0.